The highest BCUT2D eigenvalue weighted by molar-refractivity contribution is 6.02. The standard InChI is InChI=1S/C20H24N6O/c1-14-6-3-4-8-16(14)18-12-19(25(2)23-18)22-20(27)17-9-11-26(24-17)15-7-5-10-21-13-15/h3-4,6,8-9,11-12,15,21H,5,7,10,13H2,1-2H3,(H,22,27). The largest absolute Gasteiger partial charge is 0.315 e. The molecule has 1 fully saturated rings. The lowest BCUT2D eigenvalue weighted by Crippen LogP contribution is -2.32. The molecule has 7 nitrogen and oxygen atoms in total. The lowest BCUT2D eigenvalue weighted by atomic mass is 10.1. The van der Waals surface area contributed by atoms with E-state index in [1.54, 1.807) is 10.7 Å². The van der Waals surface area contributed by atoms with Crippen molar-refractivity contribution in [3.8, 4) is 11.3 Å². The fourth-order valence-corrected chi connectivity index (χ4v) is 3.48. The van der Waals surface area contributed by atoms with E-state index in [9.17, 15) is 4.79 Å². The third kappa shape index (κ3) is 3.64. The minimum absolute atomic E-state index is 0.225. The lowest BCUT2D eigenvalue weighted by Gasteiger charge is -2.22. The molecule has 27 heavy (non-hydrogen) atoms. The SMILES string of the molecule is Cc1ccccc1-c1cc(NC(=O)c2ccn(C3CCCNC3)n2)n(C)n1. The number of amides is 1. The van der Waals surface area contributed by atoms with Crippen LogP contribution in [0.4, 0.5) is 5.82 Å². The Hall–Kier alpha value is -2.93. The Labute approximate surface area is 158 Å². The summed E-state index contributed by atoms with van der Waals surface area (Å²) in [6.45, 7) is 3.99. The minimum atomic E-state index is -0.225. The number of benzene rings is 1. The number of hydrogen-bond acceptors (Lipinski definition) is 4. The highest BCUT2D eigenvalue weighted by Gasteiger charge is 2.19. The van der Waals surface area contributed by atoms with E-state index in [0.29, 0.717) is 17.6 Å². The Morgan fingerprint density at radius 1 is 1.26 bits per heavy atom. The molecule has 3 aromatic rings. The monoisotopic (exact) mass is 364 g/mol. The van der Waals surface area contributed by atoms with Crippen LogP contribution in [-0.2, 0) is 7.05 Å². The smallest absolute Gasteiger partial charge is 0.277 e. The number of piperidine rings is 1. The summed E-state index contributed by atoms with van der Waals surface area (Å²) >= 11 is 0. The van der Waals surface area contributed by atoms with Gasteiger partial charge in [0.05, 0.1) is 11.7 Å². The van der Waals surface area contributed by atoms with Crippen molar-refractivity contribution in [1.29, 1.82) is 0 Å². The van der Waals surface area contributed by atoms with Crippen molar-refractivity contribution in [1.82, 2.24) is 24.9 Å². The zero-order chi connectivity index (χ0) is 18.8. The summed E-state index contributed by atoms with van der Waals surface area (Å²) in [5.74, 6) is 0.420. The second-order valence-corrected chi connectivity index (χ2v) is 6.99. The highest BCUT2D eigenvalue weighted by Crippen LogP contribution is 2.24. The van der Waals surface area contributed by atoms with Gasteiger partial charge in [-0.05, 0) is 37.9 Å². The lowest BCUT2D eigenvalue weighted by molar-refractivity contribution is 0.102. The van der Waals surface area contributed by atoms with Crippen LogP contribution in [0.2, 0.25) is 0 Å². The number of aromatic nitrogens is 4. The molecule has 0 radical (unpaired) electrons. The van der Waals surface area contributed by atoms with Crippen LogP contribution >= 0.6 is 0 Å². The van der Waals surface area contributed by atoms with E-state index in [1.807, 2.05) is 42.2 Å². The maximum Gasteiger partial charge on any atom is 0.277 e. The van der Waals surface area contributed by atoms with Crippen molar-refractivity contribution in [3.05, 3.63) is 53.9 Å². The number of nitrogens with one attached hydrogen (secondary N) is 2. The number of hydrogen-bond donors (Lipinski definition) is 2. The van der Waals surface area contributed by atoms with Crippen LogP contribution < -0.4 is 10.6 Å². The topological polar surface area (TPSA) is 76.8 Å². The molecule has 0 aliphatic carbocycles. The zero-order valence-corrected chi connectivity index (χ0v) is 15.6. The van der Waals surface area contributed by atoms with Gasteiger partial charge in [0.2, 0.25) is 0 Å². The van der Waals surface area contributed by atoms with Gasteiger partial charge >= 0.3 is 0 Å². The molecular formula is C20H24N6O. The van der Waals surface area contributed by atoms with E-state index in [0.717, 1.165) is 42.8 Å². The van der Waals surface area contributed by atoms with Gasteiger partial charge in [0, 0.05) is 31.4 Å². The Bertz CT molecular complexity index is 951. The summed E-state index contributed by atoms with van der Waals surface area (Å²) in [5.41, 5.74) is 3.46. The van der Waals surface area contributed by atoms with Crippen LogP contribution in [0.15, 0.2) is 42.6 Å². The van der Waals surface area contributed by atoms with Crippen molar-refractivity contribution in [3.63, 3.8) is 0 Å². The Balaban J connectivity index is 1.50. The number of carbonyl (C=O) groups excluding carboxylic acids is 1. The van der Waals surface area contributed by atoms with Gasteiger partial charge in [-0.3, -0.25) is 14.2 Å². The van der Waals surface area contributed by atoms with E-state index in [1.165, 1.54) is 0 Å². The van der Waals surface area contributed by atoms with E-state index >= 15 is 0 Å². The van der Waals surface area contributed by atoms with Gasteiger partial charge in [0.1, 0.15) is 5.82 Å². The van der Waals surface area contributed by atoms with Crippen molar-refractivity contribution >= 4 is 11.7 Å². The maximum atomic E-state index is 12.6. The van der Waals surface area contributed by atoms with Crippen LogP contribution in [0.5, 0.6) is 0 Å². The minimum Gasteiger partial charge on any atom is -0.315 e. The van der Waals surface area contributed by atoms with Gasteiger partial charge in [-0.25, -0.2) is 0 Å². The molecule has 7 heteroatoms. The van der Waals surface area contributed by atoms with Crippen LogP contribution in [0, 0.1) is 6.92 Å². The van der Waals surface area contributed by atoms with Crippen molar-refractivity contribution in [2.75, 3.05) is 18.4 Å². The van der Waals surface area contributed by atoms with E-state index in [-0.39, 0.29) is 5.91 Å². The molecule has 1 unspecified atom stereocenters. The molecule has 0 bridgehead atoms. The molecule has 3 heterocycles. The number of anilines is 1. The molecule has 1 aliphatic heterocycles. The molecule has 1 atom stereocenters. The zero-order valence-electron chi connectivity index (χ0n) is 15.6. The summed E-state index contributed by atoms with van der Waals surface area (Å²) in [5, 5.41) is 15.3. The van der Waals surface area contributed by atoms with Crippen LogP contribution in [-0.4, -0.2) is 38.6 Å². The van der Waals surface area contributed by atoms with Crippen molar-refractivity contribution < 1.29 is 4.79 Å². The molecule has 0 spiro atoms. The Morgan fingerprint density at radius 2 is 2.11 bits per heavy atom. The van der Waals surface area contributed by atoms with E-state index in [4.69, 9.17) is 0 Å². The summed E-state index contributed by atoms with van der Waals surface area (Å²) < 4.78 is 3.57. The average molecular weight is 364 g/mol. The first-order valence-electron chi connectivity index (χ1n) is 9.29. The Kier molecular flexibility index (Phi) is 4.77. The highest BCUT2D eigenvalue weighted by atomic mass is 16.2. The summed E-state index contributed by atoms with van der Waals surface area (Å²) in [6, 6.07) is 12.0. The van der Waals surface area contributed by atoms with Gasteiger partial charge in [0.25, 0.3) is 5.91 Å². The first-order valence-corrected chi connectivity index (χ1v) is 9.29. The van der Waals surface area contributed by atoms with Gasteiger partial charge < -0.3 is 10.6 Å². The first kappa shape index (κ1) is 17.5. The number of nitrogens with zero attached hydrogens (tertiary/aromatic N) is 4. The van der Waals surface area contributed by atoms with Crippen LogP contribution in [0.1, 0.15) is 34.9 Å². The second-order valence-electron chi connectivity index (χ2n) is 6.99. The van der Waals surface area contributed by atoms with E-state index < -0.39 is 0 Å². The molecule has 1 saturated heterocycles. The molecule has 2 N–H and O–H groups in total. The van der Waals surface area contributed by atoms with Crippen LogP contribution in [0.3, 0.4) is 0 Å². The maximum absolute atomic E-state index is 12.6. The van der Waals surface area contributed by atoms with E-state index in [2.05, 4.69) is 33.8 Å². The molecule has 1 amide bonds. The van der Waals surface area contributed by atoms with Crippen molar-refractivity contribution in [2.24, 2.45) is 7.05 Å². The number of carbonyl (C=O) groups is 1. The van der Waals surface area contributed by atoms with Gasteiger partial charge in [-0.15, -0.1) is 0 Å². The summed E-state index contributed by atoms with van der Waals surface area (Å²) in [4.78, 5) is 12.6. The predicted octanol–water partition coefficient (Wildman–Crippen LogP) is 2.77. The third-order valence-electron chi connectivity index (χ3n) is 5.03. The van der Waals surface area contributed by atoms with Gasteiger partial charge in [-0.1, -0.05) is 24.3 Å². The number of aryl methyl sites for hydroxylation is 2. The normalized spacial score (nSPS) is 17.0. The molecule has 0 saturated carbocycles. The molecule has 2 aromatic heterocycles. The molecule has 1 aliphatic rings. The first-order chi connectivity index (χ1) is 13.1. The van der Waals surface area contributed by atoms with Gasteiger partial charge in [-0.2, -0.15) is 10.2 Å². The third-order valence-corrected chi connectivity index (χ3v) is 5.03. The average Bonchev–Trinajstić information content (AvgIpc) is 3.31. The van der Waals surface area contributed by atoms with Crippen molar-refractivity contribution in [2.45, 2.75) is 25.8 Å². The quantitative estimate of drug-likeness (QED) is 0.746. The predicted molar refractivity (Wildman–Crippen MR) is 105 cm³/mol. The summed E-state index contributed by atoms with van der Waals surface area (Å²) in [6.07, 6.45) is 4.09. The molecule has 1 aromatic carbocycles. The molecule has 140 valence electrons. The summed E-state index contributed by atoms with van der Waals surface area (Å²) in [7, 11) is 1.82. The number of rotatable bonds is 4. The second kappa shape index (κ2) is 7.36. The molecular weight excluding hydrogens is 340 g/mol. The molecule has 4 rings (SSSR count). The fourth-order valence-electron chi connectivity index (χ4n) is 3.48. The van der Waals surface area contributed by atoms with Crippen LogP contribution in [0.25, 0.3) is 11.3 Å². The van der Waals surface area contributed by atoms with Gasteiger partial charge in [0.15, 0.2) is 5.69 Å². The Morgan fingerprint density at radius 3 is 2.89 bits per heavy atom. The fraction of sp³-hybridized carbons (Fsp3) is 0.350.